The van der Waals surface area contributed by atoms with Crippen molar-refractivity contribution in [2.24, 2.45) is 7.05 Å². The highest BCUT2D eigenvalue weighted by Crippen LogP contribution is 2.23. The van der Waals surface area contributed by atoms with Crippen LogP contribution in [0.1, 0.15) is 56.5 Å². The zero-order valence-electron chi connectivity index (χ0n) is 16.0. The van der Waals surface area contributed by atoms with Crippen molar-refractivity contribution < 1.29 is 23.5 Å². The summed E-state index contributed by atoms with van der Waals surface area (Å²) in [6, 6.07) is 3.00. The number of rotatable bonds is 6. The normalized spacial score (nSPS) is 10.9. The molecule has 2 aromatic heterocycles. The molecule has 26 heavy (non-hydrogen) atoms. The second kappa shape index (κ2) is 7.59. The first-order valence-corrected chi connectivity index (χ1v) is 8.32. The summed E-state index contributed by atoms with van der Waals surface area (Å²) in [5.41, 5.74) is 1.98. The van der Waals surface area contributed by atoms with E-state index in [0.717, 1.165) is 0 Å². The number of furan rings is 1. The third-order valence-corrected chi connectivity index (χ3v) is 4.52. The number of Topliss-reactive ketones (excluding diaryl/α,β-unsaturated/α-hetero) is 1. The third kappa shape index (κ3) is 3.42. The van der Waals surface area contributed by atoms with Crippen LogP contribution in [0.5, 0.6) is 0 Å². The van der Waals surface area contributed by atoms with Crippen LogP contribution in [0.4, 0.5) is 0 Å². The lowest BCUT2D eigenvalue weighted by atomic mass is 10.0. The van der Waals surface area contributed by atoms with Crippen molar-refractivity contribution in [2.75, 3.05) is 13.7 Å². The van der Waals surface area contributed by atoms with Crippen LogP contribution in [0.15, 0.2) is 22.8 Å². The molecule has 0 bridgehead atoms. The van der Waals surface area contributed by atoms with E-state index in [1.165, 1.54) is 18.3 Å². The van der Waals surface area contributed by atoms with Crippen molar-refractivity contribution in [3.63, 3.8) is 0 Å². The van der Waals surface area contributed by atoms with Crippen molar-refractivity contribution in [3.8, 4) is 0 Å². The van der Waals surface area contributed by atoms with E-state index in [0.29, 0.717) is 22.5 Å². The van der Waals surface area contributed by atoms with Crippen molar-refractivity contribution in [2.45, 2.75) is 33.7 Å². The van der Waals surface area contributed by atoms with E-state index in [-0.39, 0.29) is 30.0 Å². The number of hydrogen-bond acceptors (Lipinski definition) is 5. The summed E-state index contributed by atoms with van der Waals surface area (Å²) in [5.74, 6) is -0.903. The van der Waals surface area contributed by atoms with Gasteiger partial charge in [0.25, 0.3) is 5.91 Å². The summed E-state index contributed by atoms with van der Waals surface area (Å²) >= 11 is 0. The molecule has 2 heterocycles. The van der Waals surface area contributed by atoms with Gasteiger partial charge in [0.2, 0.25) is 0 Å². The van der Waals surface area contributed by atoms with Crippen LogP contribution in [-0.4, -0.2) is 46.8 Å². The molecule has 0 aromatic carbocycles. The van der Waals surface area contributed by atoms with E-state index in [2.05, 4.69) is 0 Å². The molecular weight excluding hydrogens is 336 g/mol. The molecule has 0 N–H and O–H groups in total. The highest BCUT2D eigenvalue weighted by Gasteiger charge is 2.29. The molecule has 0 saturated carbocycles. The summed E-state index contributed by atoms with van der Waals surface area (Å²) in [5, 5.41) is 0. The first-order chi connectivity index (χ1) is 12.2. The zero-order chi connectivity index (χ0) is 19.6. The third-order valence-electron chi connectivity index (χ3n) is 4.52. The van der Waals surface area contributed by atoms with Gasteiger partial charge in [-0.25, -0.2) is 4.79 Å². The number of carbonyl (C=O) groups excluding carboxylic acids is 3. The maximum Gasteiger partial charge on any atom is 0.354 e. The highest BCUT2D eigenvalue weighted by molar-refractivity contribution is 6.05. The molecule has 2 rings (SSSR count). The Kier molecular flexibility index (Phi) is 5.69. The van der Waals surface area contributed by atoms with Crippen molar-refractivity contribution in [3.05, 3.63) is 46.7 Å². The summed E-state index contributed by atoms with van der Waals surface area (Å²) < 4.78 is 11.6. The first kappa shape index (κ1) is 19.5. The summed E-state index contributed by atoms with van der Waals surface area (Å²) in [4.78, 5) is 39.0. The molecule has 0 fully saturated rings. The molecule has 0 aliphatic heterocycles. The lowest BCUT2D eigenvalue weighted by Crippen LogP contribution is -2.40. The lowest BCUT2D eigenvalue weighted by Gasteiger charge is -2.25. The molecule has 7 nitrogen and oxygen atoms in total. The van der Waals surface area contributed by atoms with Crippen LogP contribution in [-0.2, 0) is 11.8 Å². The summed E-state index contributed by atoms with van der Waals surface area (Å²) in [6.07, 6.45) is 1.42. The first-order valence-electron chi connectivity index (χ1n) is 8.32. The van der Waals surface area contributed by atoms with Gasteiger partial charge in [-0.2, -0.15) is 0 Å². The molecule has 0 aliphatic rings. The average Bonchev–Trinajstić information content (AvgIpc) is 3.19. The van der Waals surface area contributed by atoms with Gasteiger partial charge < -0.3 is 18.6 Å². The van der Waals surface area contributed by atoms with E-state index in [9.17, 15) is 14.4 Å². The van der Waals surface area contributed by atoms with Crippen LogP contribution in [0.25, 0.3) is 0 Å². The molecule has 2 aromatic rings. The molecular formula is C19H24N2O5. The smallest absolute Gasteiger partial charge is 0.354 e. The minimum absolute atomic E-state index is 0.108. The van der Waals surface area contributed by atoms with Gasteiger partial charge in [-0.3, -0.25) is 9.59 Å². The minimum atomic E-state index is -0.500. The number of nitrogens with zero attached hydrogens (tertiary/aromatic N) is 2. The van der Waals surface area contributed by atoms with Crippen LogP contribution >= 0.6 is 0 Å². The number of ether oxygens (including phenoxy) is 1. The second-order valence-corrected chi connectivity index (χ2v) is 6.41. The van der Waals surface area contributed by atoms with Gasteiger partial charge in [0.15, 0.2) is 11.5 Å². The standard InChI is InChI=1S/C19H24N2O5/c1-11(2)21(18(23)15-8-7-9-26-15)10-14(22)16-12(3)17(19(24)25-6)20(5)13(16)4/h7-9,11H,10H2,1-6H3. The monoisotopic (exact) mass is 360 g/mol. The molecule has 0 saturated heterocycles. The predicted octanol–water partition coefficient (Wildman–Crippen LogP) is 2.76. The van der Waals surface area contributed by atoms with E-state index in [1.807, 2.05) is 13.8 Å². The molecule has 7 heteroatoms. The molecule has 0 radical (unpaired) electrons. The molecule has 0 spiro atoms. The summed E-state index contributed by atoms with van der Waals surface area (Å²) in [7, 11) is 3.01. The predicted molar refractivity (Wildman–Crippen MR) is 95.4 cm³/mol. The van der Waals surface area contributed by atoms with Crippen LogP contribution < -0.4 is 0 Å². The van der Waals surface area contributed by atoms with Crippen molar-refractivity contribution in [1.29, 1.82) is 0 Å². The van der Waals surface area contributed by atoms with E-state index in [1.54, 1.807) is 37.6 Å². The molecule has 0 atom stereocenters. The molecule has 1 amide bonds. The van der Waals surface area contributed by atoms with Crippen LogP contribution in [0, 0.1) is 13.8 Å². The lowest BCUT2D eigenvalue weighted by molar-refractivity contribution is 0.0588. The number of hydrogen-bond donors (Lipinski definition) is 0. The second-order valence-electron chi connectivity index (χ2n) is 6.41. The number of aromatic nitrogens is 1. The number of methoxy groups -OCH3 is 1. The Morgan fingerprint density at radius 1 is 1.27 bits per heavy atom. The Balaban J connectivity index is 2.36. The Morgan fingerprint density at radius 2 is 1.92 bits per heavy atom. The Morgan fingerprint density at radius 3 is 2.42 bits per heavy atom. The maximum atomic E-state index is 13.0. The van der Waals surface area contributed by atoms with E-state index >= 15 is 0 Å². The number of carbonyl (C=O) groups is 3. The SMILES string of the molecule is COC(=O)c1c(C)c(C(=O)CN(C(=O)c2ccco2)C(C)C)c(C)n1C. The van der Waals surface area contributed by atoms with Gasteiger partial charge in [0.05, 0.1) is 19.9 Å². The highest BCUT2D eigenvalue weighted by atomic mass is 16.5. The fourth-order valence-corrected chi connectivity index (χ4v) is 3.04. The maximum absolute atomic E-state index is 13.0. The van der Waals surface area contributed by atoms with Gasteiger partial charge in [-0.15, -0.1) is 0 Å². The van der Waals surface area contributed by atoms with Gasteiger partial charge in [0.1, 0.15) is 5.69 Å². The number of esters is 1. The quantitative estimate of drug-likeness (QED) is 0.584. The summed E-state index contributed by atoms with van der Waals surface area (Å²) in [6.45, 7) is 7.03. The zero-order valence-corrected chi connectivity index (χ0v) is 16.0. The van der Waals surface area contributed by atoms with Gasteiger partial charge in [-0.1, -0.05) is 0 Å². The van der Waals surface area contributed by atoms with E-state index in [4.69, 9.17) is 9.15 Å². The van der Waals surface area contributed by atoms with Gasteiger partial charge >= 0.3 is 5.97 Å². The minimum Gasteiger partial charge on any atom is -0.464 e. The average molecular weight is 360 g/mol. The topological polar surface area (TPSA) is 81.8 Å². The fourth-order valence-electron chi connectivity index (χ4n) is 3.04. The van der Waals surface area contributed by atoms with Crippen molar-refractivity contribution in [1.82, 2.24) is 9.47 Å². The Hall–Kier alpha value is -2.83. The van der Waals surface area contributed by atoms with Crippen LogP contribution in [0.2, 0.25) is 0 Å². The molecule has 0 unspecified atom stereocenters. The van der Waals surface area contributed by atoms with Crippen LogP contribution in [0.3, 0.4) is 0 Å². The Labute approximate surface area is 152 Å². The van der Waals surface area contributed by atoms with E-state index < -0.39 is 5.97 Å². The van der Waals surface area contributed by atoms with Crippen molar-refractivity contribution >= 4 is 17.7 Å². The Bertz CT molecular complexity index is 831. The largest absolute Gasteiger partial charge is 0.464 e. The number of amides is 1. The fraction of sp³-hybridized carbons (Fsp3) is 0.421. The number of ketones is 1. The molecule has 0 aliphatic carbocycles. The molecule has 140 valence electrons. The van der Waals surface area contributed by atoms with Gasteiger partial charge in [-0.05, 0) is 45.4 Å². The van der Waals surface area contributed by atoms with Gasteiger partial charge in [0, 0.05) is 24.3 Å².